The number of para-hydroxylation sites is 1. The molecule has 2 aromatic carbocycles. The lowest BCUT2D eigenvalue weighted by atomic mass is 10.0. The first-order valence-corrected chi connectivity index (χ1v) is 8.46. The van der Waals surface area contributed by atoms with Gasteiger partial charge in [-0.15, -0.1) is 6.58 Å². The summed E-state index contributed by atoms with van der Waals surface area (Å²) in [6, 6.07) is 19.2. The van der Waals surface area contributed by atoms with Crippen LogP contribution in [0.2, 0.25) is 0 Å². The summed E-state index contributed by atoms with van der Waals surface area (Å²) in [5, 5.41) is 15.6. The van der Waals surface area contributed by atoms with Gasteiger partial charge in [0, 0.05) is 7.11 Å². The Bertz CT molecular complexity index is 436. The third-order valence-corrected chi connectivity index (χ3v) is 2.51. The van der Waals surface area contributed by atoms with Crippen LogP contribution in [0.5, 0.6) is 5.75 Å². The molecule has 0 saturated heterocycles. The zero-order valence-electron chi connectivity index (χ0n) is 16.2. The monoisotopic (exact) mass is 332 g/mol. The first-order valence-electron chi connectivity index (χ1n) is 8.46. The van der Waals surface area contributed by atoms with Crippen molar-refractivity contribution in [2.24, 2.45) is 0 Å². The van der Waals surface area contributed by atoms with Crippen LogP contribution < -0.4 is 0 Å². The molecule has 2 nitrogen and oxygen atoms in total. The van der Waals surface area contributed by atoms with Crippen LogP contribution >= 0.6 is 0 Å². The van der Waals surface area contributed by atoms with E-state index in [4.69, 9.17) is 10.2 Å². The predicted octanol–water partition coefficient (Wildman–Crippen LogP) is 6.42. The number of aromatic hydroxyl groups is 1. The number of aliphatic hydroxyl groups excluding tert-OH is 1. The van der Waals surface area contributed by atoms with Gasteiger partial charge in [0.25, 0.3) is 0 Å². The van der Waals surface area contributed by atoms with Gasteiger partial charge in [-0.3, -0.25) is 0 Å². The van der Waals surface area contributed by atoms with Crippen LogP contribution in [-0.4, -0.2) is 17.3 Å². The van der Waals surface area contributed by atoms with E-state index in [2.05, 4.69) is 51.6 Å². The third-order valence-electron chi connectivity index (χ3n) is 2.51. The van der Waals surface area contributed by atoms with E-state index in [1.165, 1.54) is 5.56 Å². The van der Waals surface area contributed by atoms with E-state index in [1.54, 1.807) is 24.3 Å². The molecule has 0 fully saturated rings. The summed E-state index contributed by atoms with van der Waals surface area (Å²) in [6.45, 7) is 13.9. The van der Waals surface area contributed by atoms with Gasteiger partial charge in [-0.1, -0.05) is 89.2 Å². The van der Waals surface area contributed by atoms with Crippen molar-refractivity contribution in [2.45, 2.75) is 47.0 Å². The van der Waals surface area contributed by atoms with Gasteiger partial charge in [-0.25, -0.2) is 0 Å². The van der Waals surface area contributed by atoms with Crippen molar-refractivity contribution >= 4 is 0 Å². The van der Waals surface area contributed by atoms with Gasteiger partial charge >= 0.3 is 0 Å². The van der Waals surface area contributed by atoms with Crippen LogP contribution in [-0.2, 0) is 0 Å². The maximum absolute atomic E-state index is 8.63. The molecule has 0 amide bonds. The van der Waals surface area contributed by atoms with E-state index < -0.39 is 0 Å². The highest BCUT2D eigenvalue weighted by Crippen LogP contribution is 2.11. The number of phenolic OH excluding ortho intramolecular Hbond substituents is 1. The zero-order chi connectivity index (χ0) is 19.2. The van der Waals surface area contributed by atoms with Crippen molar-refractivity contribution in [3.63, 3.8) is 0 Å². The van der Waals surface area contributed by atoms with Crippen molar-refractivity contribution in [3.8, 4) is 5.75 Å². The summed E-state index contributed by atoms with van der Waals surface area (Å²) >= 11 is 0. The van der Waals surface area contributed by atoms with Crippen LogP contribution in [0.25, 0.3) is 0 Å². The highest BCUT2D eigenvalue weighted by Gasteiger charge is 1.93. The van der Waals surface area contributed by atoms with Gasteiger partial charge in [0.05, 0.1) is 0 Å². The molecule has 0 heterocycles. The molecule has 0 aromatic heterocycles. The Kier molecular flexibility index (Phi) is 25.9. The van der Waals surface area contributed by atoms with Crippen molar-refractivity contribution in [3.05, 3.63) is 78.9 Å². The fourth-order valence-corrected chi connectivity index (χ4v) is 1.27. The summed E-state index contributed by atoms with van der Waals surface area (Å²) in [4.78, 5) is 0. The standard InChI is InChI=1S/C9H12.C6H6O.C4H8.C2H6.CH4O/c1-8(2)9-6-4-3-5-7-9;7-6-4-2-1-3-5-6;1-3-4-2;2*1-2/h3-8H,1-2H3;1-5,7H;3H,1,4H2,2H3;1-2H3;2H,1H3. The summed E-state index contributed by atoms with van der Waals surface area (Å²) in [5.74, 6) is 0.980. The molecule has 2 heteroatoms. The van der Waals surface area contributed by atoms with Gasteiger partial charge in [-0.05, 0) is 30.0 Å². The van der Waals surface area contributed by atoms with Crippen LogP contribution in [0.1, 0.15) is 52.5 Å². The van der Waals surface area contributed by atoms with Crippen LogP contribution in [0.15, 0.2) is 73.3 Å². The Morgan fingerprint density at radius 1 is 0.875 bits per heavy atom. The fourth-order valence-electron chi connectivity index (χ4n) is 1.27. The highest BCUT2D eigenvalue weighted by molar-refractivity contribution is 5.18. The molecule has 0 bridgehead atoms. The minimum Gasteiger partial charge on any atom is -0.508 e. The maximum atomic E-state index is 8.63. The summed E-state index contributed by atoms with van der Waals surface area (Å²) in [5.41, 5.74) is 1.41. The number of rotatable bonds is 2. The number of hydrogen-bond donors (Lipinski definition) is 2. The normalized spacial score (nSPS) is 7.83. The maximum Gasteiger partial charge on any atom is 0.115 e. The van der Waals surface area contributed by atoms with E-state index >= 15 is 0 Å². The largest absolute Gasteiger partial charge is 0.508 e. The van der Waals surface area contributed by atoms with E-state index in [0.29, 0.717) is 11.7 Å². The van der Waals surface area contributed by atoms with E-state index in [-0.39, 0.29) is 0 Å². The first-order chi connectivity index (χ1) is 11.6. The second-order valence-corrected chi connectivity index (χ2v) is 4.60. The van der Waals surface area contributed by atoms with Crippen molar-refractivity contribution in [1.82, 2.24) is 0 Å². The Labute approximate surface area is 149 Å². The molecule has 2 rings (SSSR count). The van der Waals surface area contributed by atoms with Gasteiger partial charge in [0.2, 0.25) is 0 Å². The predicted molar refractivity (Wildman–Crippen MR) is 109 cm³/mol. The molecule has 0 saturated carbocycles. The van der Waals surface area contributed by atoms with Crippen LogP contribution in [0, 0.1) is 0 Å². The lowest BCUT2D eigenvalue weighted by Crippen LogP contribution is -1.83. The minimum atomic E-state index is 0.322. The summed E-state index contributed by atoms with van der Waals surface area (Å²) < 4.78 is 0. The number of aliphatic hydroxyl groups is 1. The number of phenols is 1. The van der Waals surface area contributed by atoms with Crippen molar-refractivity contribution in [1.29, 1.82) is 0 Å². The molecule has 24 heavy (non-hydrogen) atoms. The van der Waals surface area contributed by atoms with E-state index in [0.717, 1.165) is 13.5 Å². The van der Waals surface area contributed by atoms with Gasteiger partial charge in [0.15, 0.2) is 0 Å². The SMILES string of the molecule is C=CCC.CC.CC(C)c1ccccc1.CO.Oc1ccccc1. The second kappa shape index (κ2) is 23.2. The minimum absolute atomic E-state index is 0.322. The van der Waals surface area contributed by atoms with E-state index in [9.17, 15) is 0 Å². The van der Waals surface area contributed by atoms with Gasteiger partial charge < -0.3 is 10.2 Å². The molecule has 0 aliphatic heterocycles. The van der Waals surface area contributed by atoms with E-state index in [1.807, 2.05) is 32.1 Å². The smallest absolute Gasteiger partial charge is 0.115 e. The Hall–Kier alpha value is -2.06. The Balaban J connectivity index is -0.000000263. The average Bonchev–Trinajstić information content (AvgIpc) is 2.67. The number of benzene rings is 2. The topological polar surface area (TPSA) is 40.5 Å². The third kappa shape index (κ3) is 19.9. The molecule has 0 atom stereocenters. The highest BCUT2D eigenvalue weighted by atomic mass is 16.3. The summed E-state index contributed by atoms with van der Waals surface area (Å²) in [6.07, 6.45) is 2.96. The fraction of sp³-hybridized carbons (Fsp3) is 0.364. The summed E-state index contributed by atoms with van der Waals surface area (Å²) in [7, 11) is 1.00. The lowest BCUT2D eigenvalue weighted by molar-refractivity contribution is 0.399. The Morgan fingerprint density at radius 2 is 1.21 bits per heavy atom. The molecule has 0 aliphatic rings. The first kappa shape index (κ1) is 26.8. The zero-order valence-corrected chi connectivity index (χ0v) is 16.2. The molecule has 0 unspecified atom stereocenters. The molecule has 0 spiro atoms. The second-order valence-electron chi connectivity index (χ2n) is 4.60. The molecule has 0 radical (unpaired) electrons. The van der Waals surface area contributed by atoms with Crippen LogP contribution in [0.3, 0.4) is 0 Å². The molecule has 136 valence electrons. The Morgan fingerprint density at radius 3 is 1.38 bits per heavy atom. The quantitative estimate of drug-likeness (QED) is 0.623. The van der Waals surface area contributed by atoms with Crippen molar-refractivity contribution in [2.75, 3.05) is 7.11 Å². The number of hydrogen-bond acceptors (Lipinski definition) is 2. The number of allylic oxidation sites excluding steroid dienone is 1. The van der Waals surface area contributed by atoms with Gasteiger partial charge in [-0.2, -0.15) is 0 Å². The molecular weight excluding hydrogens is 296 g/mol. The van der Waals surface area contributed by atoms with Crippen molar-refractivity contribution < 1.29 is 10.2 Å². The molecule has 2 aromatic rings. The molecular formula is C22H36O2. The van der Waals surface area contributed by atoms with Crippen LogP contribution in [0.4, 0.5) is 0 Å². The molecule has 2 N–H and O–H groups in total. The van der Waals surface area contributed by atoms with Gasteiger partial charge in [0.1, 0.15) is 5.75 Å². The average molecular weight is 333 g/mol. The lowest BCUT2D eigenvalue weighted by Gasteiger charge is -2.01. The molecule has 0 aliphatic carbocycles.